The second kappa shape index (κ2) is 8.01. The van der Waals surface area contributed by atoms with Crippen molar-refractivity contribution in [3.63, 3.8) is 0 Å². The highest BCUT2D eigenvalue weighted by Crippen LogP contribution is 2.27. The van der Waals surface area contributed by atoms with Crippen molar-refractivity contribution in [1.82, 2.24) is 10.0 Å². The second-order valence-electron chi connectivity index (χ2n) is 5.32. The lowest BCUT2D eigenvalue weighted by atomic mass is 10.2. The standard InChI is InChI=1S/C13H23BrN2O3S2/c1-5-6-15-8-10-7-11(12(14)19-10)21(17,18)16-9-13(2,3)20-4/h7,15-16H,5-6,8-9H2,1-4H3. The molecule has 0 bridgehead atoms. The first-order valence-corrected chi connectivity index (χ1v) is 10.3. The van der Waals surface area contributed by atoms with Crippen LogP contribution in [0.25, 0.3) is 0 Å². The maximum absolute atomic E-state index is 12.3. The number of halogens is 1. The van der Waals surface area contributed by atoms with Gasteiger partial charge in [0, 0.05) is 17.4 Å². The zero-order valence-corrected chi connectivity index (χ0v) is 16.0. The molecule has 0 radical (unpaired) electrons. The Morgan fingerprint density at radius 2 is 2.10 bits per heavy atom. The molecule has 0 aliphatic carbocycles. The van der Waals surface area contributed by atoms with Crippen LogP contribution in [0.3, 0.4) is 0 Å². The summed E-state index contributed by atoms with van der Waals surface area (Å²) in [5.41, 5.74) is 0. The van der Waals surface area contributed by atoms with Crippen LogP contribution in [-0.4, -0.2) is 32.5 Å². The molecule has 0 spiro atoms. The summed E-state index contributed by atoms with van der Waals surface area (Å²) in [6.07, 6.45) is 2.97. The average Bonchev–Trinajstić information content (AvgIpc) is 2.79. The van der Waals surface area contributed by atoms with Crippen molar-refractivity contribution >= 4 is 37.7 Å². The lowest BCUT2D eigenvalue weighted by Crippen LogP contribution is -2.36. The van der Waals surface area contributed by atoms with Crippen molar-refractivity contribution in [2.24, 2.45) is 0 Å². The minimum Gasteiger partial charge on any atom is -0.452 e. The molecule has 2 N–H and O–H groups in total. The van der Waals surface area contributed by atoms with Crippen LogP contribution in [0.5, 0.6) is 0 Å². The van der Waals surface area contributed by atoms with E-state index in [9.17, 15) is 8.42 Å². The van der Waals surface area contributed by atoms with E-state index in [-0.39, 0.29) is 14.3 Å². The highest BCUT2D eigenvalue weighted by molar-refractivity contribution is 9.10. The van der Waals surface area contributed by atoms with E-state index in [4.69, 9.17) is 4.42 Å². The molecule has 8 heteroatoms. The van der Waals surface area contributed by atoms with Crippen LogP contribution in [0, 0.1) is 0 Å². The van der Waals surface area contributed by atoms with Gasteiger partial charge in [-0.05, 0) is 49.0 Å². The Labute approximate surface area is 139 Å². The van der Waals surface area contributed by atoms with E-state index in [0.717, 1.165) is 13.0 Å². The minimum absolute atomic E-state index is 0.146. The van der Waals surface area contributed by atoms with Crippen LogP contribution < -0.4 is 10.0 Å². The molecule has 21 heavy (non-hydrogen) atoms. The van der Waals surface area contributed by atoms with Crippen molar-refractivity contribution in [2.75, 3.05) is 19.3 Å². The summed E-state index contributed by atoms with van der Waals surface area (Å²) in [5, 5.41) is 3.18. The van der Waals surface area contributed by atoms with Gasteiger partial charge < -0.3 is 9.73 Å². The van der Waals surface area contributed by atoms with Gasteiger partial charge in [0.1, 0.15) is 10.7 Å². The summed E-state index contributed by atoms with van der Waals surface area (Å²) in [5.74, 6) is 0.597. The third-order valence-electron chi connectivity index (χ3n) is 2.96. The fourth-order valence-corrected chi connectivity index (χ4v) is 3.99. The van der Waals surface area contributed by atoms with Gasteiger partial charge in [-0.1, -0.05) is 6.92 Å². The molecule has 0 unspecified atom stereocenters. The van der Waals surface area contributed by atoms with Gasteiger partial charge in [0.25, 0.3) is 0 Å². The van der Waals surface area contributed by atoms with E-state index in [2.05, 4.69) is 32.9 Å². The maximum atomic E-state index is 12.3. The Bertz CT molecular complexity index is 556. The van der Waals surface area contributed by atoms with Gasteiger partial charge in [-0.25, -0.2) is 13.1 Å². The molecule has 122 valence electrons. The third kappa shape index (κ3) is 5.94. The number of thioether (sulfide) groups is 1. The normalized spacial score (nSPS) is 12.8. The molecule has 0 aromatic carbocycles. The van der Waals surface area contributed by atoms with Crippen LogP contribution in [0.1, 0.15) is 33.0 Å². The zero-order valence-electron chi connectivity index (χ0n) is 12.8. The third-order valence-corrected chi connectivity index (χ3v) is 6.47. The highest BCUT2D eigenvalue weighted by Gasteiger charge is 2.25. The monoisotopic (exact) mass is 398 g/mol. The van der Waals surface area contributed by atoms with Crippen molar-refractivity contribution in [3.05, 3.63) is 16.5 Å². The Morgan fingerprint density at radius 1 is 1.43 bits per heavy atom. The molecule has 1 rings (SSSR count). The predicted octanol–water partition coefficient (Wildman–Crippen LogP) is 2.96. The summed E-state index contributed by atoms with van der Waals surface area (Å²) >= 11 is 4.79. The fourth-order valence-electron chi connectivity index (χ4n) is 1.48. The number of sulfonamides is 1. The fraction of sp³-hybridized carbons (Fsp3) is 0.692. The van der Waals surface area contributed by atoms with Crippen LogP contribution in [0.4, 0.5) is 0 Å². The minimum atomic E-state index is -3.58. The first-order valence-electron chi connectivity index (χ1n) is 6.75. The quantitative estimate of drug-likeness (QED) is 0.625. The summed E-state index contributed by atoms with van der Waals surface area (Å²) in [4.78, 5) is 0.146. The maximum Gasteiger partial charge on any atom is 0.245 e. The van der Waals surface area contributed by atoms with E-state index in [1.54, 1.807) is 17.8 Å². The topological polar surface area (TPSA) is 71.3 Å². The first kappa shape index (κ1) is 19.0. The smallest absolute Gasteiger partial charge is 0.245 e. The summed E-state index contributed by atoms with van der Waals surface area (Å²) in [7, 11) is -3.58. The largest absolute Gasteiger partial charge is 0.452 e. The summed E-state index contributed by atoms with van der Waals surface area (Å²) in [6, 6.07) is 1.56. The number of nitrogens with one attached hydrogen (secondary N) is 2. The van der Waals surface area contributed by atoms with Gasteiger partial charge in [-0.2, -0.15) is 11.8 Å². The molecule has 0 amide bonds. The van der Waals surface area contributed by atoms with Crippen LogP contribution >= 0.6 is 27.7 Å². The van der Waals surface area contributed by atoms with Crippen LogP contribution in [-0.2, 0) is 16.6 Å². The molecule has 0 saturated carbocycles. The molecule has 0 fully saturated rings. The molecule has 5 nitrogen and oxygen atoms in total. The average molecular weight is 399 g/mol. The molecule has 1 aromatic rings. The second-order valence-corrected chi connectivity index (χ2v) is 9.28. The van der Waals surface area contributed by atoms with E-state index in [0.29, 0.717) is 18.8 Å². The number of hydrogen-bond donors (Lipinski definition) is 2. The lowest BCUT2D eigenvalue weighted by Gasteiger charge is -2.21. The Morgan fingerprint density at radius 3 is 2.67 bits per heavy atom. The van der Waals surface area contributed by atoms with Crippen LogP contribution in [0.15, 0.2) is 20.0 Å². The van der Waals surface area contributed by atoms with E-state index < -0.39 is 10.0 Å². The Hall–Kier alpha value is -0.0200. The van der Waals surface area contributed by atoms with E-state index >= 15 is 0 Å². The van der Waals surface area contributed by atoms with Crippen molar-refractivity contribution in [2.45, 2.75) is 43.4 Å². The van der Waals surface area contributed by atoms with Crippen molar-refractivity contribution in [1.29, 1.82) is 0 Å². The van der Waals surface area contributed by atoms with Gasteiger partial charge >= 0.3 is 0 Å². The zero-order chi connectivity index (χ0) is 16.1. The Balaban J connectivity index is 2.79. The number of rotatable bonds is 9. The molecular formula is C13H23BrN2O3S2. The molecule has 0 aliphatic rings. The van der Waals surface area contributed by atoms with E-state index in [1.165, 1.54) is 0 Å². The highest BCUT2D eigenvalue weighted by atomic mass is 79.9. The summed E-state index contributed by atoms with van der Waals surface area (Å²) in [6.45, 7) is 7.78. The van der Waals surface area contributed by atoms with Gasteiger partial charge in [0.05, 0.1) is 6.54 Å². The number of hydrogen-bond acceptors (Lipinski definition) is 5. The predicted molar refractivity (Wildman–Crippen MR) is 91.2 cm³/mol. The molecule has 0 saturated heterocycles. The van der Waals surface area contributed by atoms with Gasteiger partial charge in [-0.3, -0.25) is 0 Å². The van der Waals surface area contributed by atoms with Crippen LogP contribution in [0.2, 0.25) is 0 Å². The molecule has 0 atom stereocenters. The van der Waals surface area contributed by atoms with Crippen molar-refractivity contribution < 1.29 is 12.8 Å². The molecule has 1 aromatic heterocycles. The summed E-state index contributed by atoms with van der Waals surface area (Å²) < 4.78 is 32.8. The van der Waals surface area contributed by atoms with Gasteiger partial charge in [0.15, 0.2) is 4.67 Å². The molecule has 1 heterocycles. The van der Waals surface area contributed by atoms with E-state index in [1.807, 2.05) is 20.1 Å². The molecule has 0 aliphatic heterocycles. The van der Waals surface area contributed by atoms with Gasteiger partial charge in [-0.15, -0.1) is 0 Å². The molecular weight excluding hydrogens is 376 g/mol. The van der Waals surface area contributed by atoms with Crippen molar-refractivity contribution in [3.8, 4) is 0 Å². The van der Waals surface area contributed by atoms with Gasteiger partial charge in [0.2, 0.25) is 10.0 Å². The lowest BCUT2D eigenvalue weighted by molar-refractivity contribution is 0.460. The Kier molecular flexibility index (Phi) is 7.26. The SMILES string of the molecule is CCCNCc1cc(S(=O)(=O)NCC(C)(C)SC)c(Br)o1. The first-order chi connectivity index (χ1) is 9.72. The number of furan rings is 1.